The van der Waals surface area contributed by atoms with E-state index in [0.717, 1.165) is 18.1 Å². The van der Waals surface area contributed by atoms with Gasteiger partial charge in [-0.05, 0) is 45.3 Å². The van der Waals surface area contributed by atoms with Crippen molar-refractivity contribution in [1.29, 1.82) is 0 Å². The topological polar surface area (TPSA) is 50.3 Å². The van der Waals surface area contributed by atoms with E-state index in [1.54, 1.807) is 13.4 Å². The van der Waals surface area contributed by atoms with Crippen molar-refractivity contribution >= 4 is 5.82 Å². The molecule has 1 fully saturated rings. The van der Waals surface area contributed by atoms with Crippen LogP contribution < -0.4 is 5.32 Å². The van der Waals surface area contributed by atoms with Crippen LogP contribution in [0.15, 0.2) is 12.4 Å². The summed E-state index contributed by atoms with van der Waals surface area (Å²) in [6.45, 7) is 5.32. The molecule has 118 valence electrons. The zero-order chi connectivity index (χ0) is 14.8. The van der Waals surface area contributed by atoms with Crippen molar-refractivity contribution in [2.75, 3.05) is 38.6 Å². The van der Waals surface area contributed by atoms with Gasteiger partial charge in [-0.3, -0.25) is 0 Å². The molecule has 5 nitrogen and oxygen atoms in total. The average molecular weight is 292 g/mol. The molecule has 0 aromatic carbocycles. The average Bonchev–Trinajstić information content (AvgIpc) is 2.76. The van der Waals surface area contributed by atoms with Crippen LogP contribution in [0.25, 0.3) is 0 Å². The molecule has 1 aliphatic heterocycles. The number of unbranched alkanes of at least 4 members (excludes halogenated alkanes) is 1. The van der Waals surface area contributed by atoms with Crippen LogP contribution in [0.5, 0.6) is 0 Å². The Morgan fingerprint density at radius 2 is 1.95 bits per heavy atom. The van der Waals surface area contributed by atoms with Crippen molar-refractivity contribution in [1.82, 2.24) is 14.9 Å². The van der Waals surface area contributed by atoms with Gasteiger partial charge in [0.1, 0.15) is 12.1 Å². The van der Waals surface area contributed by atoms with Gasteiger partial charge >= 0.3 is 0 Å². The number of hydrogen-bond acceptors (Lipinski definition) is 5. The van der Waals surface area contributed by atoms with Crippen LogP contribution in [-0.2, 0) is 11.3 Å². The van der Waals surface area contributed by atoms with Crippen LogP contribution >= 0.6 is 0 Å². The second kappa shape index (κ2) is 9.68. The molecule has 0 bridgehead atoms. The Kier molecular flexibility index (Phi) is 7.46. The van der Waals surface area contributed by atoms with Gasteiger partial charge in [0.05, 0.1) is 12.3 Å². The highest BCUT2D eigenvalue weighted by Gasteiger charge is 2.07. The van der Waals surface area contributed by atoms with E-state index in [1.165, 1.54) is 58.2 Å². The number of likely N-dealkylation sites (tertiary alicyclic amines) is 1. The van der Waals surface area contributed by atoms with Gasteiger partial charge in [0.2, 0.25) is 0 Å². The van der Waals surface area contributed by atoms with Crippen LogP contribution in [0, 0.1) is 0 Å². The first-order chi connectivity index (χ1) is 10.4. The lowest BCUT2D eigenvalue weighted by Gasteiger charge is -2.19. The number of aromatic nitrogens is 2. The lowest BCUT2D eigenvalue weighted by molar-refractivity contribution is 0.181. The van der Waals surface area contributed by atoms with Gasteiger partial charge in [-0.1, -0.05) is 12.8 Å². The molecule has 0 unspecified atom stereocenters. The van der Waals surface area contributed by atoms with E-state index in [2.05, 4.69) is 20.2 Å². The summed E-state index contributed by atoms with van der Waals surface area (Å²) in [5, 5.41) is 3.37. The Labute approximate surface area is 128 Å². The summed E-state index contributed by atoms with van der Waals surface area (Å²) in [4.78, 5) is 11.0. The molecule has 5 heteroatoms. The molecule has 1 saturated heterocycles. The predicted octanol–water partition coefficient (Wildman–Crippen LogP) is 2.69. The van der Waals surface area contributed by atoms with Crippen molar-refractivity contribution in [2.45, 2.75) is 45.1 Å². The second-order valence-electron chi connectivity index (χ2n) is 5.72. The minimum Gasteiger partial charge on any atom is -0.378 e. The van der Waals surface area contributed by atoms with E-state index >= 15 is 0 Å². The van der Waals surface area contributed by atoms with Crippen molar-refractivity contribution in [3.8, 4) is 0 Å². The van der Waals surface area contributed by atoms with Gasteiger partial charge in [-0.2, -0.15) is 0 Å². The fourth-order valence-corrected chi connectivity index (χ4v) is 2.76. The Morgan fingerprint density at radius 1 is 1.14 bits per heavy atom. The smallest absolute Gasteiger partial charge is 0.129 e. The molecule has 0 saturated carbocycles. The fraction of sp³-hybridized carbons (Fsp3) is 0.750. The normalized spacial score (nSPS) is 16.6. The molecular weight excluding hydrogens is 264 g/mol. The van der Waals surface area contributed by atoms with Gasteiger partial charge in [0.25, 0.3) is 0 Å². The highest BCUT2D eigenvalue weighted by molar-refractivity contribution is 5.34. The molecule has 2 rings (SSSR count). The van der Waals surface area contributed by atoms with Crippen molar-refractivity contribution in [2.24, 2.45) is 0 Å². The number of hydrogen-bond donors (Lipinski definition) is 1. The lowest BCUT2D eigenvalue weighted by Crippen LogP contribution is -2.26. The van der Waals surface area contributed by atoms with Crippen LogP contribution in [0.3, 0.4) is 0 Å². The molecular formula is C16H28N4O. The maximum absolute atomic E-state index is 5.08. The predicted molar refractivity (Wildman–Crippen MR) is 85.4 cm³/mol. The first-order valence-electron chi connectivity index (χ1n) is 8.14. The van der Waals surface area contributed by atoms with Gasteiger partial charge in [-0.15, -0.1) is 0 Å². The summed E-state index contributed by atoms with van der Waals surface area (Å²) in [5.41, 5.74) is 0.916. The molecule has 1 aliphatic rings. The van der Waals surface area contributed by atoms with E-state index in [1.807, 2.05) is 6.07 Å². The number of methoxy groups -OCH3 is 1. The SMILES string of the molecule is COCc1cc(NCCCCN2CCCCCC2)ncn1. The summed E-state index contributed by atoms with van der Waals surface area (Å²) < 4.78 is 5.08. The van der Waals surface area contributed by atoms with E-state index < -0.39 is 0 Å². The molecule has 0 spiro atoms. The Balaban J connectivity index is 1.59. The zero-order valence-electron chi connectivity index (χ0n) is 13.2. The first-order valence-corrected chi connectivity index (χ1v) is 8.14. The zero-order valence-corrected chi connectivity index (χ0v) is 13.2. The standard InChI is InChI=1S/C16H28N4O/c1-21-13-15-12-16(19-14-18-15)17-8-4-7-11-20-9-5-2-3-6-10-20/h12,14H,2-11,13H2,1H3,(H,17,18,19). The summed E-state index contributed by atoms with van der Waals surface area (Å²) in [5.74, 6) is 0.895. The van der Waals surface area contributed by atoms with Gasteiger partial charge in [0, 0.05) is 19.7 Å². The summed E-state index contributed by atoms with van der Waals surface area (Å²) >= 11 is 0. The highest BCUT2D eigenvalue weighted by atomic mass is 16.5. The third-order valence-corrected chi connectivity index (χ3v) is 3.92. The number of rotatable bonds is 8. The summed E-state index contributed by atoms with van der Waals surface area (Å²) in [6, 6.07) is 1.96. The number of nitrogens with one attached hydrogen (secondary N) is 1. The number of anilines is 1. The van der Waals surface area contributed by atoms with Crippen LogP contribution in [-0.4, -0.2) is 48.2 Å². The maximum Gasteiger partial charge on any atom is 0.129 e. The summed E-state index contributed by atoms with van der Waals surface area (Å²) in [7, 11) is 1.68. The Hall–Kier alpha value is -1.20. The van der Waals surface area contributed by atoms with Crippen molar-refractivity contribution in [3.05, 3.63) is 18.1 Å². The van der Waals surface area contributed by atoms with Gasteiger partial charge in [-0.25, -0.2) is 9.97 Å². The van der Waals surface area contributed by atoms with E-state index in [9.17, 15) is 0 Å². The van der Waals surface area contributed by atoms with Crippen LogP contribution in [0.2, 0.25) is 0 Å². The van der Waals surface area contributed by atoms with Gasteiger partial charge < -0.3 is 15.0 Å². The lowest BCUT2D eigenvalue weighted by atomic mass is 10.2. The largest absolute Gasteiger partial charge is 0.378 e. The summed E-state index contributed by atoms with van der Waals surface area (Å²) in [6.07, 6.45) is 9.60. The third kappa shape index (κ3) is 6.40. The first kappa shape index (κ1) is 16.2. The molecule has 0 amide bonds. The molecule has 1 N–H and O–H groups in total. The van der Waals surface area contributed by atoms with E-state index in [0.29, 0.717) is 6.61 Å². The van der Waals surface area contributed by atoms with Crippen molar-refractivity contribution < 1.29 is 4.74 Å². The maximum atomic E-state index is 5.08. The second-order valence-corrected chi connectivity index (χ2v) is 5.72. The molecule has 0 radical (unpaired) electrons. The molecule has 0 aliphatic carbocycles. The minimum absolute atomic E-state index is 0.534. The van der Waals surface area contributed by atoms with E-state index in [-0.39, 0.29) is 0 Å². The highest BCUT2D eigenvalue weighted by Crippen LogP contribution is 2.10. The molecule has 0 atom stereocenters. The number of ether oxygens (including phenoxy) is 1. The Bertz CT molecular complexity index is 392. The molecule has 2 heterocycles. The van der Waals surface area contributed by atoms with Crippen LogP contribution in [0.4, 0.5) is 5.82 Å². The quantitative estimate of drug-likeness (QED) is 0.747. The Morgan fingerprint density at radius 3 is 2.71 bits per heavy atom. The van der Waals surface area contributed by atoms with Crippen LogP contribution in [0.1, 0.15) is 44.2 Å². The van der Waals surface area contributed by atoms with E-state index in [4.69, 9.17) is 4.74 Å². The minimum atomic E-state index is 0.534. The molecule has 21 heavy (non-hydrogen) atoms. The molecule has 1 aromatic rings. The number of nitrogens with zero attached hydrogens (tertiary/aromatic N) is 3. The monoisotopic (exact) mass is 292 g/mol. The van der Waals surface area contributed by atoms with Gasteiger partial charge in [0.15, 0.2) is 0 Å². The van der Waals surface area contributed by atoms with Crippen molar-refractivity contribution in [3.63, 3.8) is 0 Å². The third-order valence-electron chi connectivity index (χ3n) is 3.92. The molecule has 1 aromatic heterocycles. The fourth-order valence-electron chi connectivity index (χ4n) is 2.76.